The maximum absolute atomic E-state index is 11.8. The molecule has 1 atom stereocenters. The van der Waals surface area contributed by atoms with Gasteiger partial charge in [0.1, 0.15) is 0 Å². The Morgan fingerprint density at radius 2 is 2.56 bits per heavy atom. The van der Waals surface area contributed by atoms with Gasteiger partial charge in [-0.3, -0.25) is 4.79 Å². The molecule has 0 saturated carbocycles. The SMILES string of the molecule is Cc1ccsc1CNC(=O)C1CSCCN1. The zero-order chi connectivity index (χ0) is 11.4. The fraction of sp³-hybridized carbons (Fsp3) is 0.545. The summed E-state index contributed by atoms with van der Waals surface area (Å²) in [4.78, 5) is 13.1. The lowest BCUT2D eigenvalue weighted by atomic mass is 10.2. The minimum absolute atomic E-state index is 0.0148. The van der Waals surface area contributed by atoms with E-state index in [0.717, 1.165) is 18.1 Å². The molecule has 1 fully saturated rings. The summed E-state index contributed by atoms with van der Waals surface area (Å²) in [6.45, 7) is 3.67. The maximum atomic E-state index is 11.8. The Morgan fingerprint density at radius 3 is 3.19 bits per heavy atom. The van der Waals surface area contributed by atoms with Gasteiger partial charge in [0.25, 0.3) is 0 Å². The Hall–Kier alpha value is -0.520. The zero-order valence-electron chi connectivity index (χ0n) is 9.29. The van der Waals surface area contributed by atoms with Crippen molar-refractivity contribution in [3.05, 3.63) is 21.9 Å². The van der Waals surface area contributed by atoms with Crippen LogP contribution in [0.2, 0.25) is 0 Å². The highest BCUT2D eigenvalue weighted by atomic mass is 32.2. The largest absolute Gasteiger partial charge is 0.350 e. The average molecular weight is 256 g/mol. The van der Waals surface area contributed by atoms with Crippen LogP contribution in [0.25, 0.3) is 0 Å². The molecule has 1 unspecified atom stereocenters. The van der Waals surface area contributed by atoms with E-state index >= 15 is 0 Å². The average Bonchev–Trinajstić information content (AvgIpc) is 2.73. The monoisotopic (exact) mass is 256 g/mol. The first-order valence-electron chi connectivity index (χ1n) is 5.39. The van der Waals surface area contributed by atoms with E-state index in [4.69, 9.17) is 0 Å². The summed E-state index contributed by atoms with van der Waals surface area (Å²) in [5, 5.41) is 8.29. The quantitative estimate of drug-likeness (QED) is 0.858. The molecule has 2 N–H and O–H groups in total. The highest BCUT2D eigenvalue weighted by Gasteiger charge is 2.20. The number of hydrogen-bond donors (Lipinski definition) is 2. The molecule has 0 aromatic carbocycles. The molecular formula is C11H16N2OS2. The highest BCUT2D eigenvalue weighted by Crippen LogP contribution is 2.15. The second-order valence-electron chi connectivity index (χ2n) is 3.83. The van der Waals surface area contributed by atoms with E-state index in [0.29, 0.717) is 6.54 Å². The zero-order valence-corrected chi connectivity index (χ0v) is 10.9. The number of carbonyl (C=O) groups excluding carboxylic acids is 1. The van der Waals surface area contributed by atoms with E-state index < -0.39 is 0 Å². The van der Waals surface area contributed by atoms with Gasteiger partial charge in [-0.2, -0.15) is 11.8 Å². The van der Waals surface area contributed by atoms with Crippen LogP contribution >= 0.6 is 23.1 Å². The van der Waals surface area contributed by atoms with Crippen molar-refractivity contribution in [2.45, 2.75) is 19.5 Å². The lowest BCUT2D eigenvalue weighted by molar-refractivity contribution is -0.122. The van der Waals surface area contributed by atoms with Crippen molar-refractivity contribution in [2.75, 3.05) is 18.1 Å². The van der Waals surface area contributed by atoms with Gasteiger partial charge in [-0.15, -0.1) is 11.3 Å². The van der Waals surface area contributed by atoms with Crippen LogP contribution in [-0.4, -0.2) is 30.0 Å². The fourth-order valence-corrected chi connectivity index (χ4v) is 3.39. The van der Waals surface area contributed by atoms with Crippen molar-refractivity contribution in [2.24, 2.45) is 0 Å². The molecule has 1 aromatic rings. The van der Waals surface area contributed by atoms with E-state index in [1.807, 2.05) is 11.8 Å². The Labute approximate surface area is 104 Å². The first-order chi connectivity index (χ1) is 7.77. The van der Waals surface area contributed by atoms with Crippen molar-refractivity contribution in [1.29, 1.82) is 0 Å². The predicted octanol–water partition coefficient (Wildman–Crippen LogP) is 1.38. The molecule has 1 aliphatic rings. The Kier molecular flexibility index (Phi) is 4.26. The summed E-state index contributed by atoms with van der Waals surface area (Å²) in [7, 11) is 0. The number of rotatable bonds is 3. The third-order valence-corrected chi connectivity index (χ3v) is 4.71. The van der Waals surface area contributed by atoms with Crippen LogP contribution in [0.15, 0.2) is 11.4 Å². The number of nitrogens with one attached hydrogen (secondary N) is 2. The van der Waals surface area contributed by atoms with E-state index in [2.05, 4.69) is 29.0 Å². The van der Waals surface area contributed by atoms with Crippen LogP contribution < -0.4 is 10.6 Å². The van der Waals surface area contributed by atoms with Crippen LogP contribution in [0.5, 0.6) is 0 Å². The van der Waals surface area contributed by atoms with Crippen LogP contribution in [0.3, 0.4) is 0 Å². The highest BCUT2D eigenvalue weighted by molar-refractivity contribution is 7.99. The summed E-state index contributed by atoms with van der Waals surface area (Å²) in [5.74, 6) is 2.11. The second kappa shape index (κ2) is 5.70. The first kappa shape index (κ1) is 12.0. The lowest BCUT2D eigenvalue weighted by Crippen LogP contribution is -2.48. The molecule has 16 heavy (non-hydrogen) atoms. The van der Waals surface area contributed by atoms with Crippen LogP contribution in [0, 0.1) is 6.92 Å². The third kappa shape index (κ3) is 2.99. The summed E-state index contributed by atoms with van der Waals surface area (Å²) >= 11 is 3.53. The second-order valence-corrected chi connectivity index (χ2v) is 5.98. The topological polar surface area (TPSA) is 41.1 Å². The molecule has 1 amide bonds. The summed E-state index contributed by atoms with van der Waals surface area (Å²) in [6, 6.07) is 2.07. The van der Waals surface area contributed by atoms with Crippen LogP contribution in [-0.2, 0) is 11.3 Å². The fourth-order valence-electron chi connectivity index (χ4n) is 1.61. The third-order valence-electron chi connectivity index (χ3n) is 2.63. The van der Waals surface area contributed by atoms with Gasteiger partial charge in [0, 0.05) is 22.9 Å². The van der Waals surface area contributed by atoms with Gasteiger partial charge in [-0.1, -0.05) is 0 Å². The molecule has 0 radical (unpaired) electrons. The minimum Gasteiger partial charge on any atom is -0.350 e. The van der Waals surface area contributed by atoms with Gasteiger partial charge < -0.3 is 10.6 Å². The Balaban J connectivity index is 1.81. The number of thiophene rings is 1. The Bertz CT molecular complexity index is 359. The van der Waals surface area contributed by atoms with Crippen LogP contribution in [0.1, 0.15) is 10.4 Å². The minimum atomic E-state index is -0.0148. The Morgan fingerprint density at radius 1 is 1.69 bits per heavy atom. The molecule has 1 saturated heterocycles. The molecule has 3 nitrogen and oxygen atoms in total. The van der Waals surface area contributed by atoms with Gasteiger partial charge in [-0.05, 0) is 23.9 Å². The summed E-state index contributed by atoms with van der Waals surface area (Å²) < 4.78 is 0. The molecule has 2 rings (SSSR count). The molecular weight excluding hydrogens is 240 g/mol. The number of carbonyl (C=O) groups is 1. The van der Waals surface area contributed by atoms with Crippen molar-refractivity contribution in [3.8, 4) is 0 Å². The number of hydrogen-bond acceptors (Lipinski definition) is 4. The number of aryl methyl sites for hydroxylation is 1. The van der Waals surface area contributed by atoms with Gasteiger partial charge in [0.2, 0.25) is 5.91 Å². The standard InChI is InChI=1S/C11H16N2OS2/c1-8-2-4-16-10(8)6-13-11(14)9-7-15-5-3-12-9/h2,4,9,12H,3,5-7H2,1H3,(H,13,14). The van der Waals surface area contributed by atoms with Crippen molar-refractivity contribution in [3.63, 3.8) is 0 Å². The van der Waals surface area contributed by atoms with E-state index in [1.54, 1.807) is 11.3 Å². The molecule has 2 heterocycles. The molecule has 5 heteroatoms. The van der Waals surface area contributed by atoms with Crippen molar-refractivity contribution >= 4 is 29.0 Å². The van der Waals surface area contributed by atoms with Gasteiger partial charge in [-0.25, -0.2) is 0 Å². The molecule has 0 aliphatic carbocycles. The smallest absolute Gasteiger partial charge is 0.238 e. The van der Waals surface area contributed by atoms with E-state index in [1.165, 1.54) is 10.4 Å². The van der Waals surface area contributed by atoms with Crippen molar-refractivity contribution < 1.29 is 4.79 Å². The molecule has 0 spiro atoms. The van der Waals surface area contributed by atoms with E-state index in [-0.39, 0.29) is 11.9 Å². The maximum Gasteiger partial charge on any atom is 0.238 e. The molecule has 88 valence electrons. The van der Waals surface area contributed by atoms with Gasteiger partial charge in [0.15, 0.2) is 0 Å². The van der Waals surface area contributed by atoms with Gasteiger partial charge >= 0.3 is 0 Å². The number of thioether (sulfide) groups is 1. The lowest BCUT2D eigenvalue weighted by Gasteiger charge is -2.22. The molecule has 1 aromatic heterocycles. The van der Waals surface area contributed by atoms with E-state index in [9.17, 15) is 4.79 Å². The normalized spacial score (nSPS) is 20.7. The van der Waals surface area contributed by atoms with Crippen LogP contribution in [0.4, 0.5) is 0 Å². The first-order valence-corrected chi connectivity index (χ1v) is 7.42. The predicted molar refractivity (Wildman–Crippen MR) is 70.0 cm³/mol. The summed E-state index contributed by atoms with van der Waals surface area (Å²) in [5.41, 5.74) is 1.26. The molecule has 1 aliphatic heterocycles. The summed E-state index contributed by atoms with van der Waals surface area (Å²) in [6.07, 6.45) is 0. The number of amides is 1. The van der Waals surface area contributed by atoms with Gasteiger partial charge in [0.05, 0.1) is 12.6 Å². The molecule has 0 bridgehead atoms. The van der Waals surface area contributed by atoms with Crippen molar-refractivity contribution in [1.82, 2.24) is 10.6 Å².